The highest BCUT2D eigenvalue weighted by molar-refractivity contribution is 5.42. The van der Waals surface area contributed by atoms with Gasteiger partial charge >= 0.3 is 0 Å². The zero-order valence-electron chi connectivity index (χ0n) is 11.1. The molecule has 3 rings (SSSR count). The first-order valence-electron chi connectivity index (χ1n) is 6.44. The molecule has 0 spiro atoms. The minimum absolute atomic E-state index is 0.240. The Balaban J connectivity index is 1.70. The molecule has 19 heavy (non-hydrogen) atoms. The third kappa shape index (κ3) is 2.69. The zero-order valence-corrected chi connectivity index (χ0v) is 11.1. The SMILES string of the molecule is C[C@H]1CN(Cc2nnc(-c3ccco3)o2)[C@@H](C)CO1. The number of furan rings is 1. The van der Waals surface area contributed by atoms with E-state index in [9.17, 15) is 0 Å². The Labute approximate surface area is 111 Å². The summed E-state index contributed by atoms with van der Waals surface area (Å²) in [4.78, 5) is 2.29. The highest BCUT2D eigenvalue weighted by Crippen LogP contribution is 2.20. The molecule has 1 saturated heterocycles. The van der Waals surface area contributed by atoms with E-state index >= 15 is 0 Å². The maximum absolute atomic E-state index is 5.62. The van der Waals surface area contributed by atoms with Crippen molar-refractivity contribution in [1.82, 2.24) is 15.1 Å². The quantitative estimate of drug-likeness (QED) is 0.843. The van der Waals surface area contributed by atoms with E-state index < -0.39 is 0 Å². The minimum Gasteiger partial charge on any atom is -0.459 e. The van der Waals surface area contributed by atoms with E-state index in [0.717, 1.165) is 13.2 Å². The van der Waals surface area contributed by atoms with E-state index in [1.165, 1.54) is 0 Å². The van der Waals surface area contributed by atoms with Gasteiger partial charge in [0, 0.05) is 12.6 Å². The number of nitrogens with zero attached hydrogens (tertiary/aromatic N) is 3. The van der Waals surface area contributed by atoms with Crippen LogP contribution >= 0.6 is 0 Å². The van der Waals surface area contributed by atoms with Gasteiger partial charge in [0.2, 0.25) is 5.89 Å². The lowest BCUT2D eigenvalue weighted by Crippen LogP contribution is -2.46. The summed E-state index contributed by atoms with van der Waals surface area (Å²) < 4.78 is 16.4. The predicted octanol–water partition coefficient (Wildman–Crippen LogP) is 1.94. The number of ether oxygens (including phenoxy) is 1. The maximum atomic E-state index is 5.62. The lowest BCUT2D eigenvalue weighted by molar-refractivity contribution is -0.0550. The number of morpholine rings is 1. The summed E-state index contributed by atoms with van der Waals surface area (Å²) in [5, 5.41) is 8.07. The zero-order chi connectivity index (χ0) is 13.2. The number of hydrogen-bond donors (Lipinski definition) is 0. The molecule has 1 aliphatic heterocycles. The molecule has 0 unspecified atom stereocenters. The van der Waals surface area contributed by atoms with Crippen molar-refractivity contribution < 1.29 is 13.6 Å². The Morgan fingerprint density at radius 2 is 2.26 bits per heavy atom. The fourth-order valence-corrected chi connectivity index (χ4v) is 2.18. The van der Waals surface area contributed by atoms with Crippen molar-refractivity contribution in [2.24, 2.45) is 0 Å². The van der Waals surface area contributed by atoms with Crippen molar-refractivity contribution in [3.8, 4) is 11.7 Å². The summed E-state index contributed by atoms with van der Waals surface area (Å²) >= 11 is 0. The smallest absolute Gasteiger partial charge is 0.283 e. The average molecular weight is 263 g/mol. The van der Waals surface area contributed by atoms with Gasteiger partial charge in [-0.1, -0.05) is 0 Å². The standard InChI is InChI=1S/C13H17N3O3/c1-9-8-18-10(2)6-16(9)7-12-14-15-13(19-12)11-4-3-5-17-11/h3-5,9-10H,6-8H2,1-2H3/t9-,10-/m0/s1. The Kier molecular flexibility index (Phi) is 3.35. The monoisotopic (exact) mass is 263 g/mol. The first-order chi connectivity index (χ1) is 9.22. The first kappa shape index (κ1) is 12.4. The van der Waals surface area contributed by atoms with Crippen molar-refractivity contribution in [2.75, 3.05) is 13.2 Å². The summed E-state index contributed by atoms with van der Waals surface area (Å²) in [7, 11) is 0. The molecule has 102 valence electrons. The predicted molar refractivity (Wildman–Crippen MR) is 67.3 cm³/mol. The Morgan fingerprint density at radius 1 is 1.37 bits per heavy atom. The maximum Gasteiger partial charge on any atom is 0.283 e. The molecule has 6 nitrogen and oxygen atoms in total. The summed E-state index contributed by atoms with van der Waals surface area (Å²) in [5.41, 5.74) is 0. The van der Waals surface area contributed by atoms with Crippen LogP contribution in [0.1, 0.15) is 19.7 Å². The fourth-order valence-electron chi connectivity index (χ4n) is 2.18. The van der Waals surface area contributed by atoms with Crippen molar-refractivity contribution in [2.45, 2.75) is 32.5 Å². The highest BCUT2D eigenvalue weighted by Gasteiger charge is 2.25. The van der Waals surface area contributed by atoms with Gasteiger partial charge in [-0.25, -0.2) is 0 Å². The van der Waals surface area contributed by atoms with Crippen LogP contribution in [0.15, 0.2) is 27.2 Å². The second kappa shape index (κ2) is 5.14. The normalized spacial score (nSPS) is 24.7. The number of hydrogen-bond acceptors (Lipinski definition) is 6. The topological polar surface area (TPSA) is 64.5 Å². The largest absolute Gasteiger partial charge is 0.459 e. The van der Waals surface area contributed by atoms with Gasteiger partial charge in [0.05, 0.1) is 25.5 Å². The molecule has 0 aromatic carbocycles. The summed E-state index contributed by atoms with van der Waals surface area (Å²) in [6, 6.07) is 3.96. The van der Waals surface area contributed by atoms with Gasteiger partial charge < -0.3 is 13.6 Å². The van der Waals surface area contributed by atoms with Crippen molar-refractivity contribution in [3.63, 3.8) is 0 Å². The highest BCUT2D eigenvalue weighted by atomic mass is 16.5. The molecule has 0 saturated carbocycles. The lowest BCUT2D eigenvalue weighted by atomic mass is 10.2. The molecule has 2 atom stereocenters. The van der Waals surface area contributed by atoms with E-state index in [4.69, 9.17) is 13.6 Å². The van der Waals surface area contributed by atoms with Crippen molar-refractivity contribution in [3.05, 3.63) is 24.3 Å². The van der Waals surface area contributed by atoms with Crippen LogP contribution < -0.4 is 0 Å². The molecule has 2 aromatic rings. The van der Waals surface area contributed by atoms with Crippen LogP contribution in [-0.4, -0.2) is 40.4 Å². The van der Waals surface area contributed by atoms with Gasteiger partial charge in [-0.15, -0.1) is 10.2 Å². The molecular formula is C13H17N3O3. The van der Waals surface area contributed by atoms with Crippen LogP contribution in [0.3, 0.4) is 0 Å². The van der Waals surface area contributed by atoms with E-state index in [1.807, 2.05) is 0 Å². The molecule has 0 amide bonds. The molecule has 2 aromatic heterocycles. The van der Waals surface area contributed by atoms with Crippen molar-refractivity contribution in [1.29, 1.82) is 0 Å². The molecule has 0 aliphatic carbocycles. The van der Waals surface area contributed by atoms with Gasteiger partial charge in [-0.2, -0.15) is 0 Å². The van der Waals surface area contributed by atoms with Gasteiger partial charge in [-0.3, -0.25) is 4.90 Å². The van der Waals surface area contributed by atoms with Gasteiger partial charge in [0.1, 0.15) is 0 Å². The second-order valence-electron chi connectivity index (χ2n) is 4.90. The molecular weight excluding hydrogens is 246 g/mol. The first-order valence-corrected chi connectivity index (χ1v) is 6.44. The summed E-state index contributed by atoms with van der Waals surface area (Å²) in [6.07, 6.45) is 1.83. The molecule has 1 fully saturated rings. The van der Waals surface area contributed by atoms with Crippen LogP contribution in [0.25, 0.3) is 11.7 Å². The van der Waals surface area contributed by atoms with Gasteiger partial charge in [-0.05, 0) is 26.0 Å². The second-order valence-corrected chi connectivity index (χ2v) is 4.90. The van der Waals surface area contributed by atoms with Crippen LogP contribution in [0.5, 0.6) is 0 Å². The third-order valence-electron chi connectivity index (χ3n) is 3.27. The summed E-state index contributed by atoms with van der Waals surface area (Å²) in [6.45, 7) is 6.46. The van der Waals surface area contributed by atoms with Crippen LogP contribution in [0, 0.1) is 0 Å². The molecule has 0 N–H and O–H groups in total. The van der Waals surface area contributed by atoms with Crippen LogP contribution in [0.2, 0.25) is 0 Å². The van der Waals surface area contributed by atoms with E-state index in [-0.39, 0.29) is 6.10 Å². The van der Waals surface area contributed by atoms with E-state index in [2.05, 4.69) is 28.9 Å². The number of rotatable bonds is 3. The summed E-state index contributed by atoms with van der Waals surface area (Å²) in [5.74, 6) is 1.63. The molecule has 0 bridgehead atoms. The molecule has 0 radical (unpaired) electrons. The molecule has 1 aliphatic rings. The van der Waals surface area contributed by atoms with E-state index in [0.29, 0.717) is 30.1 Å². The van der Waals surface area contributed by atoms with Gasteiger partial charge in [0.25, 0.3) is 5.89 Å². The molecule has 6 heteroatoms. The van der Waals surface area contributed by atoms with E-state index in [1.54, 1.807) is 18.4 Å². The number of aromatic nitrogens is 2. The van der Waals surface area contributed by atoms with Gasteiger partial charge in [0.15, 0.2) is 5.76 Å². The lowest BCUT2D eigenvalue weighted by Gasteiger charge is -2.35. The third-order valence-corrected chi connectivity index (χ3v) is 3.27. The van der Waals surface area contributed by atoms with Crippen LogP contribution in [0.4, 0.5) is 0 Å². The van der Waals surface area contributed by atoms with Crippen LogP contribution in [-0.2, 0) is 11.3 Å². The fraction of sp³-hybridized carbons (Fsp3) is 0.538. The minimum atomic E-state index is 0.240. The Morgan fingerprint density at radius 3 is 3.05 bits per heavy atom. The Bertz CT molecular complexity index is 523. The molecule has 3 heterocycles. The van der Waals surface area contributed by atoms with Crippen molar-refractivity contribution >= 4 is 0 Å². The Hall–Kier alpha value is -1.66. The average Bonchev–Trinajstić information content (AvgIpc) is 3.04.